The molecule has 0 aliphatic carbocycles. The first-order chi connectivity index (χ1) is 11.1. The van der Waals surface area contributed by atoms with Crippen molar-refractivity contribution < 1.29 is 0 Å². The second-order valence-electron chi connectivity index (χ2n) is 5.83. The molecule has 0 amide bonds. The zero-order valence-corrected chi connectivity index (χ0v) is 16.4. The van der Waals surface area contributed by atoms with Crippen molar-refractivity contribution in [1.29, 1.82) is 0 Å². The second kappa shape index (κ2) is 10.9. The van der Waals surface area contributed by atoms with E-state index in [9.17, 15) is 0 Å². The number of benzene rings is 2. The van der Waals surface area contributed by atoms with Gasteiger partial charge in [-0.1, -0.05) is 72.8 Å². The zero-order valence-electron chi connectivity index (χ0n) is 14.1. The Morgan fingerprint density at radius 1 is 1.08 bits per heavy atom. The number of nitrogens with zero attached hydrogens (tertiary/aromatic N) is 1. The van der Waals surface area contributed by atoms with Crippen LogP contribution in [-0.4, -0.2) is 19.0 Å². The van der Waals surface area contributed by atoms with Crippen LogP contribution in [0.25, 0.3) is 0 Å². The van der Waals surface area contributed by atoms with E-state index < -0.39 is 0 Å². The Labute approximate surface area is 162 Å². The van der Waals surface area contributed by atoms with E-state index in [4.69, 9.17) is 5.73 Å². The van der Waals surface area contributed by atoms with Crippen molar-refractivity contribution in [3.63, 3.8) is 0 Å². The first-order valence-corrected chi connectivity index (χ1v) is 7.92. The summed E-state index contributed by atoms with van der Waals surface area (Å²) in [5, 5.41) is 3.08. The van der Waals surface area contributed by atoms with Gasteiger partial charge in [-0.05, 0) is 24.5 Å². The third-order valence-electron chi connectivity index (χ3n) is 3.65. The maximum absolute atomic E-state index is 5.94. The average molecular weight is 435 g/mol. The van der Waals surface area contributed by atoms with Crippen LogP contribution in [-0.2, 0) is 6.42 Å². The molecule has 0 fully saturated rings. The van der Waals surface area contributed by atoms with Crippen molar-refractivity contribution in [2.75, 3.05) is 13.1 Å². The summed E-state index contributed by atoms with van der Waals surface area (Å²) in [6.45, 7) is 7.13. The standard InChI is InChI=1S/C20H25N3.HI/c1-16(2)14-22-20(21)23-15-19(18-11-7-4-8-12-18)13-17-9-5-3-6-10-17;/h3-12,19H,1,13-15H2,2H3,(H3,21,22,23);1H. The maximum Gasteiger partial charge on any atom is 0.188 e. The number of guanidine groups is 1. The Bertz CT molecular complexity index is 638. The van der Waals surface area contributed by atoms with E-state index in [1.165, 1.54) is 11.1 Å². The SMILES string of the molecule is C=C(C)CNC(N)=NCC(Cc1ccccc1)c1ccccc1.I. The van der Waals surface area contributed by atoms with Crippen LogP contribution in [0.5, 0.6) is 0 Å². The Balaban J connectivity index is 0.00000288. The first-order valence-electron chi connectivity index (χ1n) is 7.92. The third kappa shape index (κ3) is 7.17. The van der Waals surface area contributed by atoms with Crippen molar-refractivity contribution >= 4 is 29.9 Å². The number of hydrogen-bond donors (Lipinski definition) is 2. The molecule has 3 nitrogen and oxygen atoms in total. The molecule has 0 aliphatic heterocycles. The monoisotopic (exact) mass is 435 g/mol. The minimum absolute atomic E-state index is 0. The fraction of sp³-hybridized carbons (Fsp3) is 0.250. The minimum Gasteiger partial charge on any atom is -0.370 e. The lowest BCUT2D eigenvalue weighted by Crippen LogP contribution is -2.33. The van der Waals surface area contributed by atoms with E-state index in [2.05, 4.69) is 65.4 Å². The topological polar surface area (TPSA) is 50.4 Å². The molecule has 0 bridgehead atoms. The average Bonchev–Trinajstić information content (AvgIpc) is 2.58. The first kappa shape index (κ1) is 20.2. The van der Waals surface area contributed by atoms with Crippen molar-refractivity contribution in [3.8, 4) is 0 Å². The van der Waals surface area contributed by atoms with Gasteiger partial charge in [0.1, 0.15) is 0 Å². The van der Waals surface area contributed by atoms with Crippen LogP contribution in [0, 0.1) is 0 Å². The summed E-state index contributed by atoms with van der Waals surface area (Å²) < 4.78 is 0. The van der Waals surface area contributed by atoms with Gasteiger partial charge in [0.05, 0.1) is 0 Å². The normalized spacial score (nSPS) is 12.1. The largest absolute Gasteiger partial charge is 0.370 e. The summed E-state index contributed by atoms with van der Waals surface area (Å²) in [6, 6.07) is 21.0. The molecule has 0 spiro atoms. The van der Waals surface area contributed by atoms with Gasteiger partial charge < -0.3 is 11.1 Å². The highest BCUT2D eigenvalue weighted by Gasteiger charge is 2.12. The van der Waals surface area contributed by atoms with E-state index in [1.807, 2.05) is 19.1 Å². The Morgan fingerprint density at radius 3 is 2.25 bits per heavy atom. The molecule has 0 aliphatic rings. The van der Waals surface area contributed by atoms with E-state index in [0.717, 1.165) is 12.0 Å². The molecule has 0 saturated carbocycles. The number of aliphatic imine (C=N–C) groups is 1. The van der Waals surface area contributed by atoms with Gasteiger partial charge in [0.25, 0.3) is 0 Å². The quantitative estimate of drug-likeness (QED) is 0.298. The number of nitrogens with one attached hydrogen (secondary N) is 1. The minimum atomic E-state index is 0. The van der Waals surface area contributed by atoms with E-state index in [1.54, 1.807) is 0 Å². The fourth-order valence-electron chi connectivity index (χ4n) is 2.42. The maximum atomic E-state index is 5.94. The third-order valence-corrected chi connectivity index (χ3v) is 3.65. The molecule has 24 heavy (non-hydrogen) atoms. The zero-order chi connectivity index (χ0) is 16.5. The second-order valence-corrected chi connectivity index (χ2v) is 5.83. The molecule has 1 atom stereocenters. The predicted octanol–water partition coefficient (Wildman–Crippen LogP) is 4.11. The van der Waals surface area contributed by atoms with Gasteiger partial charge in [-0.15, -0.1) is 24.0 Å². The van der Waals surface area contributed by atoms with Crippen LogP contribution < -0.4 is 11.1 Å². The van der Waals surface area contributed by atoms with Crippen LogP contribution in [0.3, 0.4) is 0 Å². The molecule has 1 unspecified atom stereocenters. The summed E-state index contributed by atoms with van der Waals surface area (Å²) in [7, 11) is 0. The van der Waals surface area contributed by atoms with Gasteiger partial charge in [0.2, 0.25) is 0 Å². The predicted molar refractivity (Wildman–Crippen MR) is 114 cm³/mol. The summed E-state index contributed by atoms with van der Waals surface area (Å²) >= 11 is 0. The molecule has 2 aromatic carbocycles. The van der Waals surface area contributed by atoms with Gasteiger partial charge >= 0.3 is 0 Å². The van der Waals surface area contributed by atoms with Gasteiger partial charge in [-0.3, -0.25) is 4.99 Å². The molecular formula is C20H26IN3. The Hall–Kier alpha value is -1.82. The molecule has 3 N–H and O–H groups in total. The number of nitrogens with two attached hydrogens (primary N) is 1. The van der Waals surface area contributed by atoms with E-state index in [-0.39, 0.29) is 24.0 Å². The summed E-state index contributed by atoms with van der Waals surface area (Å²) in [5.74, 6) is 0.783. The fourth-order valence-corrected chi connectivity index (χ4v) is 2.42. The molecular weight excluding hydrogens is 409 g/mol. The molecule has 128 valence electrons. The van der Waals surface area contributed by atoms with Crippen molar-refractivity contribution in [2.45, 2.75) is 19.3 Å². The van der Waals surface area contributed by atoms with Crippen LogP contribution >= 0.6 is 24.0 Å². The van der Waals surface area contributed by atoms with Crippen LogP contribution in [0.15, 0.2) is 77.8 Å². The summed E-state index contributed by atoms with van der Waals surface area (Å²) in [5.41, 5.74) is 9.57. The van der Waals surface area contributed by atoms with Crippen molar-refractivity contribution in [2.24, 2.45) is 10.7 Å². The molecule has 0 heterocycles. The van der Waals surface area contributed by atoms with Crippen LogP contribution in [0.1, 0.15) is 24.0 Å². The highest BCUT2D eigenvalue weighted by atomic mass is 127. The lowest BCUT2D eigenvalue weighted by molar-refractivity contribution is 0.692. The van der Waals surface area contributed by atoms with E-state index in [0.29, 0.717) is 25.0 Å². The summed E-state index contributed by atoms with van der Waals surface area (Å²) in [4.78, 5) is 4.51. The summed E-state index contributed by atoms with van der Waals surface area (Å²) in [6.07, 6.45) is 0.947. The van der Waals surface area contributed by atoms with Gasteiger partial charge in [-0.2, -0.15) is 0 Å². The molecule has 0 saturated heterocycles. The molecule has 2 rings (SSSR count). The van der Waals surface area contributed by atoms with E-state index >= 15 is 0 Å². The molecule has 0 aromatic heterocycles. The molecule has 2 aromatic rings. The number of halogens is 1. The van der Waals surface area contributed by atoms with Crippen molar-refractivity contribution in [1.82, 2.24) is 5.32 Å². The number of hydrogen-bond acceptors (Lipinski definition) is 1. The highest BCUT2D eigenvalue weighted by Crippen LogP contribution is 2.21. The Kier molecular flexibility index (Phi) is 9.15. The molecule has 0 radical (unpaired) electrons. The lowest BCUT2D eigenvalue weighted by atomic mass is 9.92. The lowest BCUT2D eigenvalue weighted by Gasteiger charge is -2.16. The van der Waals surface area contributed by atoms with Gasteiger partial charge in [0, 0.05) is 19.0 Å². The smallest absolute Gasteiger partial charge is 0.188 e. The van der Waals surface area contributed by atoms with Gasteiger partial charge in [-0.25, -0.2) is 0 Å². The number of rotatable bonds is 7. The van der Waals surface area contributed by atoms with Gasteiger partial charge in [0.15, 0.2) is 5.96 Å². The van der Waals surface area contributed by atoms with Crippen LogP contribution in [0.4, 0.5) is 0 Å². The highest BCUT2D eigenvalue weighted by molar-refractivity contribution is 14.0. The van der Waals surface area contributed by atoms with Crippen molar-refractivity contribution in [3.05, 3.63) is 83.9 Å². The molecule has 4 heteroatoms. The Morgan fingerprint density at radius 2 is 1.67 bits per heavy atom. The van der Waals surface area contributed by atoms with Crippen LogP contribution in [0.2, 0.25) is 0 Å².